The maximum atomic E-state index is 13.3. The maximum Gasteiger partial charge on any atom is 0.263 e. The molecule has 3 rings (SSSR count). The molecule has 32 heavy (non-hydrogen) atoms. The van der Waals surface area contributed by atoms with Gasteiger partial charge in [0.25, 0.3) is 11.5 Å². The van der Waals surface area contributed by atoms with Crippen molar-refractivity contribution in [1.82, 2.24) is 9.55 Å². The van der Waals surface area contributed by atoms with Crippen LogP contribution in [0, 0.1) is 11.8 Å². The van der Waals surface area contributed by atoms with Crippen molar-refractivity contribution in [2.45, 2.75) is 53.5 Å². The lowest BCUT2D eigenvalue weighted by Gasteiger charge is -2.20. The monoisotopic (exact) mass is 431 g/mol. The fourth-order valence-corrected chi connectivity index (χ4v) is 3.95. The summed E-state index contributed by atoms with van der Waals surface area (Å²) in [7, 11) is 0. The summed E-state index contributed by atoms with van der Waals surface area (Å²) in [6, 6.07) is 15.8. The number of carbonyl (C=O) groups is 1. The number of benzene rings is 1. The Morgan fingerprint density at radius 1 is 1.03 bits per heavy atom. The van der Waals surface area contributed by atoms with Crippen molar-refractivity contribution < 1.29 is 4.79 Å². The molecule has 0 fully saturated rings. The molecule has 5 heteroatoms. The van der Waals surface area contributed by atoms with Gasteiger partial charge in [0.1, 0.15) is 5.56 Å². The van der Waals surface area contributed by atoms with Gasteiger partial charge in [-0.1, -0.05) is 58.0 Å². The van der Waals surface area contributed by atoms with E-state index in [1.54, 1.807) is 16.8 Å². The zero-order valence-electron chi connectivity index (χ0n) is 19.5. The van der Waals surface area contributed by atoms with Gasteiger partial charge < -0.3 is 10.3 Å². The summed E-state index contributed by atoms with van der Waals surface area (Å²) in [5.41, 5.74) is 10.1. The summed E-state index contributed by atoms with van der Waals surface area (Å²) in [4.78, 5) is 30.0. The van der Waals surface area contributed by atoms with E-state index in [9.17, 15) is 9.59 Å². The van der Waals surface area contributed by atoms with Crippen molar-refractivity contribution in [2.24, 2.45) is 17.6 Å². The number of hydrogen-bond acceptors (Lipinski definition) is 3. The third-order valence-corrected chi connectivity index (χ3v) is 5.51. The quantitative estimate of drug-likeness (QED) is 0.526. The number of nitrogens with zero attached hydrogens (tertiary/aromatic N) is 2. The normalized spacial score (nSPS) is 11.3. The molecule has 3 aromatic rings. The highest BCUT2D eigenvalue weighted by atomic mass is 16.2. The van der Waals surface area contributed by atoms with Crippen LogP contribution < -0.4 is 11.3 Å². The van der Waals surface area contributed by atoms with E-state index in [0.29, 0.717) is 24.8 Å². The first kappa shape index (κ1) is 23.5. The summed E-state index contributed by atoms with van der Waals surface area (Å²) < 4.78 is 1.74. The molecule has 0 radical (unpaired) electrons. The van der Waals surface area contributed by atoms with Crippen LogP contribution in [0.5, 0.6) is 0 Å². The van der Waals surface area contributed by atoms with E-state index < -0.39 is 5.91 Å². The highest BCUT2D eigenvalue weighted by Crippen LogP contribution is 2.27. The van der Waals surface area contributed by atoms with Crippen molar-refractivity contribution in [3.8, 4) is 11.3 Å². The van der Waals surface area contributed by atoms with Crippen LogP contribution in [0.4, 0.5) is 0 Å². The van der Waals surface area contributed by atoms with Crippen molar-refractivity contribution in [3.63, 3.8) is 0 Å². The first-order valence-electron chi connectivity index (χ1n) is 11.3. The number of pyridine rings is 2. The van der Waals surface area contributed by atoms with Gasteiger partial charge in [-0.2, -0.15) is 0 Å². The van der Waals surface area contributed by atoms with E-state index in [2.05, 4.69) is 38.7 Å². The molecule has 0 atom stereocenters. The van der Waals surface area contributed by atoms with Gasteiger partial charge in [-0.25, -0.2) is 0 Å². The summed E-state index contributed by atoms with van der Waals surface area (Å²) >= 11 is 0. The molecular formula is C27H33N3O2. The minimum atomic E-state index is -0.690. The molecule has 0 spiro atoms. The number of carbonyl (C=O) groups excluding carboxylic acids is 1. The largest absolute Gasteiger partial charge is 0.365 e. The van der Waals surface area contributed by atoms with Crippen LogP contribution in [0.3, 0.4) is 0 Å². The topological polar surface area (TPSA) is 78.0 Å². The van der Waals surface area contributed by atoms with Gasteiger partial charge in [-0.3, -0.25) is 14.6 Å². The number of aromatic nitrogens is 2. The van der Waals surface area contributed by atoms with Gasteiger partial charge in [0.15, 0.2) is 0 Å². The summed E-state index contributed by atoms with van der Waals surface area (Å²) in [6.45, 7) is 9.10. The highest BCUT2D eigenvalue weighted by molar-refractivity contribution is 5.93. The standard InChI is InChI=1S/C27H33N3O2/c1-18(2)11-13-30-25(21-10-12-29-23(16-21)14-19(3)4)22(15-20-8-6-5-7-9-20)17-24(26(28)31)27(30)32/h5-10,12,16-19H,11,13-15H2,1-4H3,(H2,28,31). The Morgan fingerprint density at radius 3 is 2.38 bits per heavy atom. The smallest absolute Gasteiger partial charge is 0.263 e. The SMILES string of the molecule is CC(C)CCn1c(-c2ccnc(CC(C)C)c2)c(Cc2ccccc2)cc(C(N)=O)c1=O. The minimum Gasteiger partial charge on any atom is -0.365 e. The lowest BCUT2D eigenvalue weighted by molar-refractivity contribution is 0.0998. The third-order valence-electron chi connectivity index (χ3n) is 5.51. The van der Waals surface area contributed by atoms with E-state index in [1.807, 2.05) is 36.4 Å². The van der Waals surface area contributed by atoms with Crippen LogP contribution in [0.2, 0.25) is 0 Å². The van der Waals surface area contributed by atoms with Crippen LogP contribution in [0.1, 0.15) is 61.3 Å². The number of primary amides is 1. The number of amides is 1. The van der Waals surface area contributed by atoms with Crippen LogP contribution >= 0.6 is 0 Å². The molecule has 0 saturated carbocycles. The third kappa shape index (κ3) is 5.72. The molecule has 0 aliphatic heterocycles. The Labute approximate surface area is 190 Å². The first-order valence-corrected chi connectivity index (χ1v) is 11.3. The molecule has 2 heterocycles. The van der Waals surface area contributed by atoms with Crippen molar-refractivity contribution in [1.29, 1.82) is 0 Å². The number of nitrogens with two attached hydrogens (primary N) is 1. The molecule has 2 N–H and O–H groups in total. The van der Waals surface area contributed by atoms with E-state index in [4.69, 9.17) is 5.73 Å². The molecule has 0 aliphatic rings. The van der Waals surface area contributed by atoms with E-state index in [0.717, 1.165) is 40.9 Å². The Morgan fingerprint density at radius 2 is 1.75 bits per heavy atom. The van der Waals surface area contributed by atoms with E-state index in [1.165, 1.54) is 0 Å². The fraction of sp³-hybridized carbons (Fsp3) is 0.370. The molecule has 2 aromatic heterocycles. The minimum absolute atomic E-state index is 0.0416. The summed E-state index contributed by atoms with van der Waals surface area (Å²) in [5.74, 6) is 0.199. The van der Waals surface area contributed by atoms with Crippen molar-refractivity contribution in [3.05, 3.63) is 87.5 Å². The van der Waals surface area contributed by atoms with Crippen LogP contribution in [-0.2, 0) is 19.4 Å². The lowest BCUT2D eigenvalue weighted by Crippen LogP contribution is -2.32. The van der Waals surface area contributed by atoms with Crippen LogP contribution in [0.15, 0.2) is 59.5 Å². The predicted octanol–water partition coefficient (Wildman–Crippen LogP) is 4.84. The van der Waals surface area contributed by atoms with Gasteiger partial charge in [-0.15, -0.1) is 0 Å². The molecule has 0 bridgehead atoms. The van der Waals surface area contributed by atoms with Crippen molar-refractivity contribution in [2.75, 3.05) is 0 Å². The van der Waals surface area contributed by atoms with Crippen molar-refractivity contribution >= 4 is 5.91 Å². The zero-order valence-corrected chi connectivity index (χ0v) is 19.5. The van der Waals surface area contributed by atoms with Crippen LogP contribution in [-0.4, -0.2) is 15.5 Å². The summed E-state index contributed by atoms with van der Waals surface area (Å²) in [5, 5.41) is 0. The Kier molecular flexibility index (Phi) is 7.62. The van der Waals surface area contributed by atoms with Gasteiger partial charge in [-0.05, 0) is 60.4 Å². The second-order valence-corrected chi connectivity index (χ2v) is 9.23. The van der Waals surface area contributed by atoms with Gasteiger partial charge >= 0.3 is 0 Å². The molecule has 168 valence electrons. The molecule has 0 unspecified atom stereocenters. The number of hydrogen-bond donors (Lipinski definition) is 1. The zero-order chi connectivity index (χ0) is 23.3. The molecule has 1 amide bonds. The lowest BCUT2D eigenvalue weighted by atomic mass is 9.96. The Hall–Kier alpha value is -3.21. The Bertz CT molecular complexity index is 1130. The van der Waals surface area contributed by atoms with Gasteiger partial charge in [0.05, 0.1) is 5.69 Å². The first-order chi connectivity index (χ1) is 15.3. The van der Waals surface area contributed by atoms with E-state index >= 15 is 0 Å². The molecule has 5 nitrogen and oxygen atoms in total. The number of rotatable bonds is 9. The maximum absolute atomic E-state index is 13.3. The Balaban J connectivity index is 2.26. The fourth-order valence-electron chi connectivity index (χ4n) is 3.95. The second kappa shape index (κ2) is 10.4. The molecule has 1 aromatic carbocycles. The second-order valence-electron chi connectivity index (χ2n) is 9.23. The molecular weight excluding hydrogens is 398 g/mol. The summed E-state index contributed by atoms with van der Waals surface area (Å²) in [6.07, 6.45) is 4.08. The highest BCUT2D eigenvalue weighted by Gasteiger charge is 2.20. The molecule has 0 aliphatic carbocycles. The predicted molar refractivity (Wildman–Crippen MR) is 130 cm³/mol. The van der Waals surface area contributed by atoms with Gasteiger partial charge in [0, 0.05) is 24.0 Å². The molecule has 0 saturated heterocycles. The average Bonchev–Trinajstić information content (AvgIpc) is 2.73. The average molecular weight is 432 g/mol. The van der Waals surface area contributed by atoms with Gasteiger partial charge in [0.2, 0.25) is 0 Å². The van der Waals surface area contributed by atoms with Crippen LogP contribution in [0.25, 0.3) is 11.3 Å². The van der Waals surface area contributed by atoms with E-state index in [-0.39, 0.29) is 11.1 Å².